The molecule has 1 aromatic heterocycles. The molecule has 1 aromatic carbocycles. The molecular formula is C14H14F6O3S2. The molecule has 0 N–H and O–H groups in total. The van der Waals surface area contributed by atoms with Gasteiger partial charge in [-0.15, -0.1) is 13.2 Å². The van der Waals surface area contributed by atoms with Gasteiger partial charge in [0, 0.05) is 17.9 Å². The molecule has 3 nitrogen and oxygen atoms in total. The van der Waals surface area contributed by atoms with Crippen molar-refractivity contribution < 1.29 is 39.3 Å². The highest BCUT2D eigenvalue weighted by Gasteiger charge is 2.47. The highest BCUT2D eigenvalue weighted by atomic mass is 32.2. The normalized spacial score (nSPS) is 13.5. The topological polar surface area (TPSA) is 57.2 Å². The molecule has 0 aliphatic carbocycles. The molecule has 0 amide bonds. The number of hydrogen-bond donors (Lipinski definition) is 0. The van der Waals surface area contributed by atoms with Crippen molar-refractivity contribution >= 4 is 30.7 Å². The van der Waals surface area contributed by atoms with E-state index in [9.17, 15) is 26.3 Å². The number of halogens is 6. The summed E-state index contributed by atoms with van der Waals surface area (Å²) < 4.78 is 98.6. The van der Waals surface area contributed by atoms with Gasteiger partial charge in [-0.2, -0.15) is 13.2 Å². The van der Waals surface area contributed by atoms with Crippen molar-refractivity contribution in [1.82, 2.24) is 0 Å². The smallest absolute Gasteiger partial charge is 0.600 e. The average Bonchev–Trinajstić information content (AvgIpc) is 2.81. The van der Waals surface area contributed by atoms with E-state index in [1.165, 1.54) is 0 Å². The number of benzene rings is 1. The molecule has 0 saturated heterocycles. The first-order valence-electron chi connectivity index (χ1n) is 6.92. The van der Waals surface area contributed by atoms with E-state index in [1.54, 1.807) is 30.3 Å². The summed E-state index contributed by atoms with van der Waals surface area (Å²) in [7, 11) is -7.79. The average molecular weight is 408 g/mol. The Kier molecular flexibility index (Phi) is 6.88. The van der Waals surface area contributed by atoms with Gasteiger partial charge in [0.15, 0.2) is 19.7 Å². The van der Waals surface area contributed by atoms with Gasteiger partial charge in [0.25, 0.3) is 0 Å². The molecule has 11 heteroatoms. The molecule has 0 fully saturated rings. The van der Waals surface area contributed by atoms with Gasteiger partial charge in [0.05, 0.1) is 10.5 Å². The molecule has 2 aromatic rings. The van der Waals surface area contributed by atoms with Crippen LogP contribution in [0.3, 0.4) is 0 Å². The van der Waals surface area contributed by atoms with Crippen LogP contribution < -0.4 is 0 Å². The molecule has 0 bridgehead atoms. The lowest BCUT2D eigenvalue weighted by molar-refractivity contribution is -0.0867. The summed E-state index contributed by atoms with van der Waals surface area (Å²) in [6, 6.07) is 8.56. The molecule has 1 atom stereocenters. The molecule has 142 valence electrons. The Morgan fingerprint density at radius 2 is 1.60 bits per heavy atom. The number of hydrogen-bond acceptors (Lipinski definition) is 3. The lowest BCUT2D eigenvalue weighted by atomic mass is 10.2. The second kappa shape index (κ2) is 7.92. The van der Waals surface area contributed by atoms with Crippen LogP contribution in [0, 0.1) is 0 Å². The molecule has 0 saturated carbocycles. The van der Waals surface area contributed by atoms with Crippen LogP contribution >= 0.6 is 10.5 Å². The Bertz CT molecular complexity index is 806. The Morgan fingerprint density at radius 3 is 2.04 bits per heavy atom. The summed E-state index contributed by atoms with van der Waals surface area (Å²) in [6.45, 7) is 1.99. The maximum Gasteiger partial charge on any atom is 0.600 e. The lowest BCUT2D eigenvalue weighted by Gasteiger charge is -2.08. The molecule has 25 heavy (non-hydrogen) atoms. The molecule has 0 radical (unpaired) electrons. The number of unbranched alkanes of at least 4 members (excludes halogenated alkanes) is 1. The predicted molar refractivity (Wildman–Crippen MR) is 82.1 cm³/mol. The third-order valence-electron chi connectivity index (χ3n) is 3.01. The maximum atomic E-state index is 13.1. The second-order valence-electron chi connectivity index (χ2n) is 4.90. The summed E-state index contributed by atoms with van der Waals surface area (Å²) in [5.74, 6) is 0. The Balaban J connectivity index is 0.000000333. The molecule has 0 aliphatic heterocycles. The van der Waals surface area contributed by atoms with E-state index in [2.05, 4.69) is 0 Å². The first-order chi connectivity index (χ1) is 11.3. The molecular weight excluding hydrogens is 394 g/mol. The Labute approximate surface area is 143 Å². The van der Waals surface area contributed by atoms with Crippen LogP contribution in [-0.4, -0.2) is 18.5 Å². The minimum atomic E-state index is -6.09. The van der Waals surface area contributed by atoms with Gasteiger partial charge in [0.2, 0.25) is 0 Å². The summed E-state index contributed by atoms with van der Waals surface area (Å²) in [5.41, 5.74) is -9.79. The first kappa shape index (κ1) is 21.7. The van der Waals surface area contributed by atoms with Gasteiger partial charge in [-0.05, 0) is 18.6 Å². The fourth-order valence-electron chi connectivity index (χ4n) is 1.96. The van der Waals surface area contributed by atoms with Crippen molar-refractivity contribution in [2.24, 2.45) is 0 Å². The van der Waals surface area contributed by atoms with E-state index < -0.39 is 31.6 Å². The molecule has 1 heterocycles. The van der Waals surface area contributed by atoms with Gasteiger partial charge in [-0.3, -0.25) is 0 Å². The van der Waals surface area contributed by atoms with E-state index in [0.29, 0.717) is 16.0 Å². The van der Waals surface area contributed by atoms with Crippen LogP contribution in [0.2, 0.25) is 0 Å². The number of rotatable bonds is 3. The van der Waals surface area contributed by atoms with Crippen LogP contribution in [0.25, 0.3) is 10.1 Å². The largest absolute Gasteiger partial charge is 0.741 e. The second-order valence-corrected chi connectivity index (χ2v) is 8.31. The van der Waals surface area contributed by atoms with Crippen LogP contribution in [0.4, 0.5) is 26.3 Å². The van der Waals surface area contributed by atoms with E-state index in [-0.39, 0.29) is 0 Å². The number of aryl methyl sites for hydroxylation is 1. The zero-order valence-corrected chi connectivity index (χ0v) is 14.5. The number of fused-ring (bicyclic) bond motifs is 1. The Morgan fingerprint density at radius 1 is 1.08 bits per heavy atom. The molecule has 0 spiro atoms. The summed E-state index contributed by atoms with van der Waals surface area (Å²) in [6.07, 6.45) is 2.29. The SMILES string of the molecule is CCCCc1cc2ccccc2[s+]1C(F)(F)F.O=S(=O)([O-])C(F)(F)F. The third-order valence-corrected chi connectivity index (χ3v) is 5.70. The van der Waals surface area contributed by atoms with E-state index in [4.69, 9.17) is 13.0 Å². The monoisotopic (exact) mass is 408 g/mol. The van der Waals surface area contributed by atoms with Crippen molar-refractivity contribution in [2.45, 2.75) is 37.2 Å². The van der Waals surface area contributed by atoms with Gasteiger partial charge >= 0.3 is 11.0 Å². The fourth-order valence-corrected chi connectivity index (χ4v) is 3.96. The molecule has 2 rings (SSSR count). The number of thiophene rings is 1. The van der Waals surface area contributed by atoms with E-state index in [1.807, 2.05) is 6.92 Å². The minimum Gasteiger partial charge on any atom is -0.741 e. The highest BCUT2D eigenvalue weighted by molar-refractivity contribution is 7.86. The quantitative estimate of drug-likeness (QED) is 0.293. The third kappa shape index (κ3) is 5.86. The van der Waals surface area contributed by atoms with Crippen LogP contribution in [0.15, 0.2) is 30.3 Å². The van der Waals surface area contributed by atoms with Gasteiger partial charge in [0.1, 0.15) is 0 Å². The van der Waals surface area contributed by atoms with Gasteiger partial charge < -0.3 is 4.55 Å². The first-order valence-corrected chi connectivity index (χ1v) is 9.55. The van der Waals surface area contributed by atoms with Crippen molar-refractivity contribution in [2.75, 3.05) is 0 Å². The molecule has 1 unspecified atom stereocenters. The Hall–Kier alpha value is -1.33. The minimum absolute atomic E-state index is 0.436. The summed E-state index contributed by atoms with van der Waals surface area (Å²) >= 11 is 0. The summed E-state index contributed by atoms with van der Waals surface area (Å²) in [4.78, 5) is 0.542. The lowest BCUT2D eigenvalue weighted by Crippen LogP contribution is -2.21. The van der Waals surface area contributed by atoms with Crippen molar-refractivity contribution in [3.05, 3.63) is 35.2 Å². The van der Waals surface area contributed by atoms with E-state index >= 15 is 0 Å². The van der Waals surface area contributed by atoms with Gasteiger partial charge in [-0.25, -0.2) is 8.42 Å². The number of alkyl halides is 6. The molecule has 0 aliphatic rings. The van der Waals surface area contributed by atoms with Crippen LogP contribution in [0.5, 0.6) is 0 Å². The van der Waals surface area contributed by atoms with Crippen molar-refractivity contribution in [1.29, 1.82) is 0 Å². The predicted octanol–water partition coefficient (Wildman–Crippen LogP) is 5.46. The van der Waals surface area contributed by atoms with Crippen LogP contribution in [-0.2, 0) is 22.0 Å². The van der Waals surface area contributed by atoms with Crippen molar-refractivity contribution in [3.63, 3.8) is 0 Å². The fraction of sp³-hybridized carbons (Fsp3) is 0.429. The van der Waals surface area contributed by atoms with Gasteiger partial charge in [-0.1, -0.05) is 25.5 Å². The van der Waals surface area contributed by atoms with Crippen molar-refractivity contribution in [3.8, 4) is 0 Å². The zero-order chi connectivity index (χ0) is 19.5. The van der Waals surface area contributed by atoms with E-state index in [0.717, 1.165) is 18.2 Å². The zero-order valence-electron chi connectivity index (χ0n) is 12.8. The van der Waals surface area contributed by atoms with Crippen LogP contribution in [0.1, 0.15) is 24.6 Å². The standard InChI is InChI=1S/C13H14F3S.CHF3O3S/c1-2-3-7-11-9-10-6-4-5-8-12(10)17(11)13(14,15)16;2-1(3,4)8(5,6)7/h4-6,8-9H,2-3,7H2,1H3;(H,5,6,7)/q+1;/p-1. The maximum absolute atomic E-state index is 13.1. The highest BCUT2D eigenvalue weighted by Crippen LogP contribution is 2.51. The summed E-state index contributed by atoms with van der Waals surface area (Å²) in [5, 5.41) is 0.735.